The highest BCUT2D eigenvalue weighted by Gasteiger charge is 2.24. The molecule has 0 spiro atoms. The number of amides is 1. The van der Waals surface area contributed by atoms with Crippen molar-refractivity contribution in [2.45, 2.75) is 38.8 Å². The second-order valence-electron chi connectivity index (χ2n) is 8.47. The van der Waals surface area contributed by atoms with E-state index >= 15 is 0 Å². The van der Waals surface area contributed by atoms with E-state index in [1.54, 1.807) is 30.4 Å². The minimum absolute atomic E-state index is 0.0926. The van der Waals surface area contributed by atoms with Crippen LogP contribution in [-0.4, -0.2) is 46.0 Å². The van der Waals surface area contributed by atoms with Crippen LogP contribution in [0.5, 0.6) is 0 Å². The van der Waals surface area contributed by atoms with Gasteiger partial charge in [-0.25, -0.2) is 0 Å². The molecule has 1 aromatic carbocycles. The molecule has 1 aliphatic heterocycles. The van der Waals surface area contributed by atoms with Gasteiger partial charge in [-0.2, -0.15) is 0 Å². The average molecular weight is 419 g/mol. The van der Waals surface area contributed by atoms with Crippen molar-refractivity contribution in [1.82, 2.24) is 19.9 Å². The zero-order valence-electron chi connectivity index (χ0n) is 18.3. The summed E-state index contributed by atoms with van der Waals surface area (Å²) in [6.07, 6.45) is 7.02. The molecule has 1 fully saturated rings. The lowest BCUT2D eigenvalue weighted by molar-refractivity contribution is 0.0731. The maximum Gasteiger partial charge on any atom is 0.276 e. The minimum Gasteiger partial charge on any atom is -0.359 e. The Morgan fingerprint density at radius 3 is 2.68 bits per heavy atom. The van der Waals surface area contributed by atoms with Gasteiger partial charge < -0.3 is 9.42 Å². The Hall–Kier alpha value is -2.99. The van der Waals surface area contributed by atoms with Gasteiger partial charge in [0.1, 0.15) is 0 Å². The van der Waals surface area contributed by atoms with Crippen molar-refractivity contribution in [3.8, 4) is 0 Å². The number of nitrogens with zero attached hydrogens (tertiary/aromatic N) is 4. The first-order valence-corrected chi connectivity index (χ1v) is 11.0. The Kier molecular flexibility index (Phi) is 6.77. The zero-order chi connectivity index (χ0) is 21.6. The minimum atomic E-state index is -0.145. The van der Waals surface area contributed by atoms with Crippen LogP contribution < -0.4 is 0 Å². The number of pyridine rings is 1. The fourth-order valence-electron chi connectivity index (χ4n) is 4.21. The molecular weight excluding hydrogens is 388 g/mol. The first kappa shape index (κ1) is 21.2. The van der Waals surface area contributed by atoms with Crippen molar-refractivity contribution in [1.29, 1.82) is 0 Å². The van der Waals surface area contributed by atoms with Crippen LogP contribution >= 0.6 is 0 Å². The molecule has 3 heterocycles. The van der Waals surface area contributed by atoms with E-state index in [0.29, 0.717) is 12.2 Å². The van der Waals surface area contributed by atoms with Crippen molar-refractivity contribution in [2.24, 2.45) is 5.92 Å². The molecule has 162 valence electrons. The molecule has 1 unspecified atom stereocenters. The molecule has 3 aromatic rings. The van der Waals surface area contributed by atoms with E-state index in [0.717, 1.165) is 36.8 Å². The standard InChI is InChI=1S/C25H30N4O2/c1-19(22-9-6-12-26-17-22)28(2)25(30)24-16-23(31-27-24)18-29-13-10-21(11-14-29)15-20-7-4-3-5-8-20/h3-9,12,16-17,19,21H,10-11,13-15,18H2,1-2H3. The zero-order valence-corrected chi connectivity index (χ0v) is 18.3. The lowest BCUT2D eigenvalue weighted by atomic mass is 9.90. The summed E-state index contributed by atoms with van der Waals surface area (Å²) >= 11 is 0. The molecule has 0 saturated carbocycles. The molecule has 0 aliphatic carbocycles. The SMILES string of the molecule is CC(c1cccnc1)N(C)C(=O)c1cc(CN2CCC(Cc3ccccc3)CC2)on1. The number of benzene rings is 1. The Labute approximate surface area is 183 Å². The number of likely N-dealkylation sites (tertiary alicyclic amines) is 1. The van der Waals surface area contributed by atoms with Gasteiger partial charge in [-0.15, -0.1) is 0 Å². The maximum atomic E-state index is 12.9. The predicted octanol–water partition coefficient (Wildman–Crippen LogP) is 4.36. The van der Waals surface area contributed by atoms with Gasteiger partial charge in [-0.05, 0) is 62.4 Å². The normalized spacial score (nSPS) is 16.2. The quantitative estimate of drug-likeness (QED) is 0.571. The summed E-state index contributed by atoms with van der Waals surface area (Å²) in [5.74, 6) is 1.33. The van der Waals surface area contributed by atoms with Crippen molar-refractivity contribution in [3.63, 3.8) is 0 Å². The first-order chi connectivity index (χ1) is 15.1. The molecule has 6 nitrogen and oxygen atoms in total. The number of hydrogen-bond acceptors (Lipinski definition) is 5. The van der Waals surface area contributed by atoms with Crippen LogP contribution in [0, 0.1) is 5.92 Å². The number of carbonyl (C=O) groups is 1. The highest BCUT2D eigenvalue weighted by molar-refractivity contribution is 5.92. The summed E-state index contributed by atoms with van der Waals surface area (Å²) in [7, 11) is 1.78. The maximum absolute atomic E-state index is 12.9. The molecule has 1 aliphatic rings. The molecule has 0 radical (unpaired) electrons. The van der Waals surface area contributed by atoms with Gasteiger partial charge in [-0.3, -0.25) is 14.7 Å². The van der Waals surface area contributed by atoms with E-state index in [1.807, 2.05) is 19.1 Å². The van der Waals surface area contributed by atoms with E-state index in [4.69, 9.17) is 4.52 Å². The van der Waals surface area contributed by atoms with Gasteiger partial charge >= 0.3 is 0 Å². The number of aromatic nitrogens is 2. The third-order valence-corrected chi connectivity index (χ3v) is 6.30. The molecule has 0 N–H and O–H groups in total. The fourth-order valence-corrected chi connectivity index (χ4v) is 4.21. The van der Waals surface area contributed by atoms with Crippen molar-refractivity contribution >= 4 is 5.91 Å². The van der Waals surface area contributed by atoms with E-state index in [-0.39, 0.29) is 11.9 Å². The highest BCUT2D eigenvalue weighted by Crippen LogP contribution is 2.24. The highest BCUT2D eigenvalue weighted by atomic mass is 16.5. The summed E-state index contributed by atoms with van der Waals surface area (Å²) in [5.41, 5.74) is 2.76. The molecule has 1 saturated heterocycles. The monoisotopic (exact) mass is 418 g/mol. The smallest absolute Gasteiger partial charge is 0.276 e. The Bertz CT molecular complexity index is 965. The summed E-state index contributed by atoms with van der Waals surface area (Å²) < 4.78 is 5.50. The van der Waals surface area contributed by atoms with E-state index < -0.39 is 0 Å². The van der Waals surface area contributed by atoms with Crippen LogP contribution in [0.2, 0.25) is 0 Å². The van der Waals surface area contributed by atoms with E-state index in [9.17, 15) is 4.79 Å². The van der Waals surface area contributed by atoms with Gasteiger partial charge in [0.05, 0.1) is 12.6 Å². The molecule has 31 heavy (non-hydrogen) atoms. The summed E-state index contributed by atoms with van der Waals surface area (Å²) in [6.45, 7) is 4.76. The third-order valence-electron chi connectivity index (χ3n) is 6.30. The number of piperidine rings is 1. The van der Waals surface area contributed by atoms with Gasteiger partial charge in [0, 0.05) is 25.5 Å². The third kappa shape index (κ3) is 5.39. The van der Waals surface area contributed by atoms with Crippen LogP contribution in [0.15, 0.2) is 65.4 Å². The Morgan fingerprint density at radius 1 is 1.19 bits per heavy atom. The molecule has 2 aromatic heterocycles. The fraction of sp³-hybridized carbons (Fsp3) is 0.400. The number of hydrogen-bond donors (Lipinski definition) is 0. The molecular formula is C25H30N4O2. The van der Waals surface area contributed by atoms with Crippen LogP contribution in [0.25, 0.3) is 0 Å². The van der Waals surface area contributed by atoms with Gasteiger partial charge in [0.25, 0.3) is 5.91 Å². The van der Waals surface area contributed by atoms with Crippen molar-refractivity contribution in [2.75, 3.05) is 20.1 Å². The Morgan fingerprint density at radius 2 is 1.97 bits per heavy atom. The van der Waals surface area contributed by atoms with Gasteiger partial charge in [0.2, 0.25) is 0 Å². The average Bonchev–Trinajstić information content (AvgIpc) is 3.28. The lowest BCUT2D eigenvalue weighted by Gasteiger charge is -2.31. The largest absolute Gasteiger partial charge is 0.359 e. The van der Waals surface area contributed by atoms with Crippen LogP contribution in [0.3, 0.4) is 0 Å². The topological polar surface area (TPSA) is 62.5 Å². The summed E-state index contributed by atoms with van der Waals surface area (Å²) in [6, 6.07) is 16.3. The van der Waals surface area contributed by atoms with Gasteiger partial charge in [0.15, 0.2) is 11.5 Å². The number of rotatable bonds is 7. The summed E-state index contributed by atoms with van der Waals surface area (Å²) in [5, 5.41) is 4.04. The van der Waals surface area contributed by atoms with Gasteiger partial charge in [-0.1, -0.05) is 41.6 Å². The molecule has 1 amide bonds. The molecule has 0 bridgehead atoms. The van der Waals surface area contributed by atoms with Crippen LogP contribution in [0.4, 0.5) is 0 Å². The van der Waals surface area contributed by atoms with Crippen molar-refractivity contribution < 1.29 is 9.32 Å². The Balaban J connectivity index is 1.29. The molecule has 4 rings (SSSR count). The van der Waals surface area contributed by atoms with Crippen molar-refractivity contribution in [3.05, 3.63) is 83.5 Å². The lowest BCUT2D eigenvalue weighted by Crippen LogP contribution is -2.33. The van der Waals surface area contributed by atoms with Crippen LogP contribution in [-0.2, 0) is 13.0 Å². The first-order valence-electron chi connectivity index (χ1n) is 11.0. The molecule has 6 heteroatoms. The van der Waals surface area contributed by atoms with E-state index in [2.05, 4.69) is 45.4 Å². The second-order valence-corrected chi connectivity index (χ2v) is 8.47. The molecule has 1 atom stereocenters. The predicted molar refractivity (Wildman–Crippen MR) is 119 cm³/mol. The number of carbonyl (C=O) groups excluding carboxylic acids is 1. The second kappa shape index (κ2) is 9.88. The van der Waals surface area contributed by atoms with Crippen LogP contribution in [0.1, 0.15) is 53.2 Å². The van der Waals surface area contributed by atoms with E-state index in [1.165, 1.54) is 18.4 Å². The summed E-state index contributed by atoms with van der Waals surface area (Å²) in [4.78, 5) is 21.1.